The summed E-state index contributed by atoms with van der Waals surface area (Å²) in [6.07, 6.45) is 5.77. The Bertz CT molecular complexity index is 248. The minimum atomic E-state index is -0.503. The largest absolute Gasteiger partial charge is 0.390 e. The molecule has 0 aliphatic carbocycles. The van der Waals surface area contributed by atoms with Crippen LogP contribution in [0.15, 0.2) is 23.8 Å². The van der Waals surface area contributed by atoms with E-state index in [1.54, 1.807) is 0 Å². The topological polar surface area (TPSA) is 20.2 Å². The van der Waals surface area contributed by atoms with Crippen molar-refractivity contribution in [1.29, 1.82) is 0 Å². The second-order valence-electron chi connectivity index (χ2n) is 5.43. The molecule has 0 aromatic rings. The molecule has 0 aromatic heterocycles. The second-order valence-corrected chi connectivity index (χ2v) is 5.43. The van der Waals surface area contributed by atoms with Crippen molar-refractivity contribution in [3.8, 4) is 0 Å². The van der Waals surface area contributed by atoms with Crippen LogP contribution in [0.5, 0.6) is 0 Å². The van der Waals surface area contributed by atoms with E-state index in [9.17, 15) is 5.11 Å². The van der Waals surface area contributed by atoms with Gasteiger partial charge in [-0.3, -0.25) is 0 Å². The summed E-state index contributed by atoms with van der Waals surface area (Å²) in [5.41, 5.74) is 2.15. The molecule has 0 saturated carbocycles. The van der Waals surface area contributed by atoms with E-state index in [0.29, 0.717) is 5.92 Å². The highest BCUT2D eigenvalue weighted by atomic mass is 16.3. The van der Waals surface area contributed by atoms with Crippen LogP contribution in [0.1, 0.15) is 60.3 Å². The molecule has 1 N–H and O–H groups in total. The maximum atomic E-state index is 10.2. The van der Waals surface area contributed by atoms with E-state index in [1.165, 1.54) is 11.1 Å². The summed E-state index contributed by atoms with van der Waals surface area (Å²) in [5, 5.41) is 10.2. The Morgan fingerprint density at radius 3 is 2.44 bits per heavy atom. The van der Waals surface area contributed by atoms with Crippen LogP contribution >= 0.6 is 0 Å². The molecule has 0 aliphatic rings. The Morgan fingerprint density at radius 2 is 2.00 bits per heavy atom. The lowest BCUT2D eigenvalue weighted by Gasteiger charge is -2.26. The van der Waals surface area contributed by atoms with E-state index in [4.69, 9.17) is 0 Å². The molecule has 2 atom stereocenters. The molecular formula is C15H28O. The van der Waals surface area contributed by atoms with E-state index < -0.39 is 5.60 Å². The number of allylic oxidation sites excluding steroid dienone is 3. The molecular weight excluding hydrogens is 196 g/mol. The van der Waals surface area contributed by atoms with Gasteiger partial charge in [0.2, 0.25) is 0 Å². The van der Waals surface area contributed by atoms with Gasteiger partial charge in [-0.1, -0.05) is 44.1 Å². The Morgan fingerprint density at radius 1 is 1.44 bits per heavy atom. The Labute approximate surface area is 101 Å². The molecule has 94 valence electrons. The van der Waals surface area contributed by atoms with Gasteiger partial charge < -0.3 is 5.11 Å². The number of rotatable bonds is 7. The van der Waals surface area contributed by atoms with Crippen molar-refractivity contribution < 1.29 is 5.11 Å². The molecule has 0 heterocycles. The summed E-state index contributed by atoms with van der Waals surface area (Å²) in [6, 6.07) is 0. The van der Waals surface area contributed by atoms with Crippen molar-refractivity contribution in [2.45, 2.75) is 65.9 Å². The van der Waals surface area contributed by atoms with Crippen LogP contribution in [0.3, 0.4) is 0 Å². The van der Waals surface area contributed by atoms with Crippen LogP contribution in [-0.4, -0.2) is 10.7 Å². The van der Waals surface area contributed by atoms with Gasteiger partial charge in [0.05, 0.1) is 5.60 Å². The highest BCUT2D eigenvalue weighted by molar-refractivity contribution is 5.20. The lowest BCUT2D eigenvalue weighted by atomic mass is 9.85. The Balaban J connectivity index is 4.28. The normalized spacial score (nSPS) is 18.6. The summed E-state index contributed by atoms with van der Waals surface area (Å²) < 4.78 is 0. The fraction of sp³-hybridized carbons (Fsp3) is 0.733. The van der Waals surface area contributed by atoms with Crippen molar-refractivity contribution in [2.75, 3.05) is 0 Å². The maximum Gasteiger partial charge on any atom is 0.0622 e. The van der Waals surface area contributed by atoms with Gasteiger partial charge in [-0.05, 0) is 46.0 Å². The molecule has 0 saturated heterocycles. The maximum absolute atomic E-state index is 10.2. The zero-order chi connectivity index (χ0) is 12.8. The fourth-order valence-electron chi connectivity index (χ4n) is 2.32. The van der Waals surface area contributed by atoms with Crippen LogP contribution in [0.4, 0.5) is 0 Å². The Kier molecular flexibility index (Phi) is 6.66. The van der Waals surface area contributed by atoms with Crippen LogP contribution in [0.25, 0.3) is 0 Å². The highest BCUT2D eigenvalue weighted by Gasteiger charge is 2.22. The summed E-state index contributed by atoms with van der Waals surface area (Å²) in [6.45, 7) is 14.3. The van der Waals surface area contributed by atoms with Gasteiger partial charge in [0.1, 0.15) is 0 Å². The molecule has 1 heteroatoms. The van der Waals surface area contributed by atoms with Gasteiger partial charge in [0.25, 0.3) is 0 Å². The van der Waals surface area contributed by atoms with Crippen molar-refractivity contribution in [3.63, 3.8) is 0 Å². The van der Waals surface area contributed by atoms with E-state index >= 15 is 0 Å². The summed E-state index contributed by atoms with van der Waals surface area (Å²) >= 11 is 0. The first-order valence-electron chi connectivity index (χ1n) is 6.33. The smallest absolute Gasteiger partial charge is 0.0622 e. The molecule has 2 unspecified atom stereocenters. The van der Waals surface area contributed by atoms with E-state index in [-0.39, 0.29) is 0 Å². The number of hydrogen-bond acceptors (Lipinski definition) is 1. The van der Waals surface area contributed by atoms with Crippen molar-refractivity contribution in [3.05, 3.63) is 23.8 Å². The third kappa shape index (κ3) is 6.12. The van der Waals surface area contributed by atoms with E-state index in [1.807, 2.05) is 13.0 Å². The predicted molar refractivity (Wildman–Crippen MR) is 72.5 cm³/mol. The molecule has 0 aliphatic heterocycles. The van der Waals surface area contributed by atoms with Crippen molar-refractivity contribution in [1.82, 2.24) is 0 Å². The predicted octanol–water partition coefficient (Wildman–Crippen LogP) is 4.48. The van der Waals surface area contributed by atoms with Gasteiger partial charge in [0.15, 0.2) is 0 Å². The lowest BCUT2D eigenvalue weighted by molar-refractivity contribution is 0.0270. The van der Waals surface area contributed by atoms with Gasteiger partial charge in [-0.15, -0.1) is 0 Å². The quantitative estimate of drug-likeness (QED) is 0.632. The monoisotopic (exact) mass is 224 g/mol. The fourth-order valence-corrected chi connectivity index (χ4v) is 2.32. The SMILES string of the molecule is C=CC(C)=C(C)CC(C)CC(C)(O)CCC. The first-order valence-corrected chi connectivity index (χ1v) is 6.33. The molecule has 0 spiro atoms. The first kappa shape index (κ1) is 15.4. The molecule has 0 aromatic carbocycles. The molecule has 1 nitrogen and oxygen atoms in total. The minimum Gasteiger partial charge on any atom is -0.390 e. The third-order valence-corrected chi connectivity index (χ3v) is 3.21. The van der Waals surface area contributed by atoms with Crippen LogP contribution in [-0.2, 0) is 0 Å². The zero-order valence-electron chi connectivity index (χ0n) is 11.6. The molecule has 16 heavy (non-hydrogen) atoms. The third-order valence-electron chi connectivity index (χ3n) is 3.21. The van der Waals surface area contributed by atoms with Crippen LogP contribution in [0, 0.1) is 5.92 Å². The van der Waals surface area contributed by atoms with E-state index in [2.05, 4.69) is 34.3 Å². The molecule has 0 amide bonds. The van der Waals surface area contributed by atoms with Gasteiger partial charge >= 0.3 is 0 Å². The number of aliphatic hydroxyl groups is 1. The van der Waals surface area contributed by atoms with Gasteiger partial charge in [0, 0.05) is 0 Å². The van der Waals surface area contributed by atoms with Crippen molar-refractivity contribution in [2.24, 2.45) is 5.92 Å². The zero-order valence-corrected chi connectivity index (χ0v) is 11.6. The second kappa shape index (κ2) is 6.90. The van der Waals surface area contributed by atoms with Gasteiger partial charge in [-0.25, -0.2) is 0 Å². The molecule has 0 fully saturated rings. The lowest BCUT2D eigenvalue weighted by Crippen LogP contribution is -2.26. The summed E-state index contributed by atoms with van der Waals surface area (Å²) in [5.74, 6) is 0.524. The Hall–Kier alpha value is -0.560. The van der Waals surface area contributed by atoms with Gasteiger partial charge in [-0.2, -0.15) is 0 Å². The standard InChI is InChI=1S/C15H28O/c1-7-9-15(6,16)11-12(3)10-14(5)13(4)8-2/h8,12,16H,2,7,9-11H2,1,3-6H3. The molecule has 0 bridgehead atoms. The average Bonchev–Trinajstić information content (AvgIpc) is 2.14. The average molecular weight is 224 g/mol. The highest BCUT2D eigenvalue weighted by Crippen LogP contribution is 2.26. The summed E-state index contributed by atoms with van der Waals surface area (Å²) in [7, 11) is 0. The summed E-state index contributed by atoms with van der Waals surface area (Å²) in [4.78, 5) is 0. The first-order chi connectivity index (χ1) is 7.32. The molecule has 0 radical (unpaired) electrons. The van der Waals surface area contributed by atoms with Crippen molar-refractivity contribution >= 4 is 0 Å². The molecule has 0 rings (SSSR count). The van der Waals surface area contributed by atoms with Crippen LogP contribution < -0.4 is 0 Å². The van der Waals surface area contributed by atoms with Crippen LogP contribution in [0.2, 0.25) is 0 Å². The van der Waals surface area contributed by atoms with E-state index in [0.717, 1.165) is 25.7 Å². The number of hydrogen-bond donors (Lipinski definition) is 1. The minimum absolute atomic E-state index is 0.503.